The summed E-state index contributed by atoms with van der Waals surface area (Å²) < 4.78 is 0. The third-order valence-electron chi connectivity index (χ3n) is 4.75. The monoisotopic (exact) mass is 404 g/mol. The van der Waals surface area contributed by atoms with Gasteiger partial charge in [-0.2, -0.15) is 0 Å². The predicted molar refractivity (Wildman–Crippen MR) is 114 cm³/mol. The number of aryl methyl sites for hydroxylation is 1. The average Bonchev–Trinajstić information content (AvgIpc) is 3.06. The van der Waals surface area contributed by atoms with Crippen molar-refractivity contribution >= 4 is 27.5 Å². The van der Waals surface area contributed by atoms with Gasteiger partial charge in [0, 0.05) is 12.6 Å². The van der Waals surface area contributed by atoms with Gasteiger partial charge >= 0.3 is 0 Å². The molecule has 7 heteroatoms. The zero-order valence-electron chi connectivity index (χ0n) is 16.1. The van der Waals surface area contributed by atoms with E-state index in [1.54, 1.807) is 13.1 Å². The molecule has 2 N–H and O–H groups in total. The molecular weight excluding hydrogens is 384 g/mol. The molecular formula is C22H20N4O2S. The molecule has 1 amide bonds. The SMILES string of the molecule is Cc1c(C(=O)NC(C)c2ccccn2)sc2nc(Cc3ccccc3)[nH]c(=O)c12. The molecule has 4 rings (SSSR count). The van der Waals surface area contributed by atoms with E-state index in [0.717, 1.165) is 11.3 Å². The van der Waals surface area contributed by atoms with Gasteiger partial charge in [-0.3, -0.25) is 14.6 Å². The topological polar surface area (TPSA) is 87.7 Å². The van der Waals surface area contributed by atoms with Crippen molar-refractivity contribution in [3.05, 3.63) is 92.6 Å². The fourth-order valence-corrected chi connectivity index (χ4v) is 4.35. The summed E-state index contributed by atoms with van der Waals surface area (Å²) in [6.07, 6.45) is 2.22. The summed E-state index contributed by atoms with van der Waals surface area (Å²) in [6, 6.07) is 15.2. The average molecular weight is 404 g/mol. The van der Waals surface area contributed by atoms with Gasteiger partial charge in [-0.05, 0) is 37.1 Å². The molecule has 0 fully saturated rings. The Balaban J connectivity index is 1.63. The normalized spacial score (nSPS) is 12.1. The zero-order chi connectivity index (χ0) is 20.4. The molecule has 0 aliphatic rings. The first kappa shape index (κ1) is 19.0. The van der Waals surface area contributed by atoms with Crippen LogP contribution in [0.1, 0.15) is 45.3 Å². The van der Waals surface area contributed by atoms with Crippen LogP contribution in [0.2, 0.25) is 0 Å². The fraction of sp³-hybridized carbons (Fsp3) is 0.182. The third kappa shape index (κ3) is 3.95. The van der Waals surface area contributed by atoms with Crippen molar-refractivity contribution in [3.8, 4) is 0 Å². The first-order valence-corrected chi connectivity index (χ1v) is 10.1. The Hall–Kier alpha value is -3.32. The summed E-state index contributed by atoms with van der Waals surface area (Å²) in [5.74, 6) is 0.358. The summed E-state index contributed by atoms with van der Waals surface area (Å²) in [6.45, 7) is 3.67. The Morgan fingerprint density at radius 3 is 2.66 bits per heavy atom. The van der Waals surface area contributed by atoms with Crippen LogP contribution in [-0.2, 0) is 6.42 Å². The van der Waals surface area contributed by atoms with Crippen molar-refractivity contribution in [2.75, 3.05) is 0 Å². The first-order valence-electron chi connectivity index (χ1n) is 9.31. The van der Waals surface area contributed by atoms with Crippen LogP contribution in [0.4, 0.5) is 0 Å². The molecule has 0 bridgehead atoms. The maximum atomic E-state index is 12.8. The van der Waals surface area contributed by atoms with Gasteiger partial charge in [-0.1, -0.05) is 36.4 Å². The van der Waals surface area contributed by atoms with Crippen LogP contribution >= 0.6 is 11.3 Å². The Kier molecular flexibility index (Phi) is 5.22. The highest BCUT2D eigenvalue weighted by atomic mass is 32.1. The number of hydrogen-bond acceptors (Lipinski definition) is 5. The molecule has 1 aromatic carbocycles. The van der Waals surface area contributed by atoms with E-state index in [9.17, 15) is 9.59 Å². The van der Waals surface area contributed by atoms with Crippen molar-refractivity contribution in [1.82, 2.24) is 20.3 Å². The van der Waals surface area contributed by atoms with E-state index in [2.05, 4.69) is 20.3 Å². The van der Waals surface area contributed by atoms with E-state index in [1.807, 2.05) is 55.5 Å². The van der Waals surface area contributed by atoms with Crippen LogP contribution in [-0.4, -0.2) is 20.9 Å². The minimum atomic E-state index is -0.242. The van der Waals surface area contributed by atoms with Crippen LogP contribution in [0.5, 0.6) is 0 Å². The van der Waals surface area contributed by atoms with Gasteiger partial charge in [0.2, 0.25) is 0 Å². The molecule has 0 aliphatic carbocycles. The molecule has 0 saturated carbocycles. The summed E-state index contributed by atoms with van der Waals surface area (Å²) in [4.78, 5) is 38.3. The highest BCUT2D eigenvalue weighted by molar-refractivity contribution is 7.20. The maximum Gasteiger partial charge on any atom is 0.262 e. The number of aromatic nitrogens is 3. The second kappa shape index (κ2) is 7.97. The van der Waals surface area contributed by atoms with Crippen LogP contribution in [0.15, 0.2) is 59.5 Å². The molecule has 6 nitrogen and oxygen atoms in total. The van der Waals surface area contributed by atoms with E-state index in [1.165, 1.54) is 11.3 Å². The summed E-state index contributed by atoms with van der Waals surface area (Å²) in [5.41, 5.74) is 2.27. The first-order chi connectivity index (χ1) is 14.0. The van der Waals surface area contributed by atoms with Crippen LogP contribution in [0.25, 0.3) is 10.2 Å². The molecule has 1 unspecified atom stereocenters. The largest absolute Gasteiger partial charge is 0.343 e. The van der Waals surface area contributed by atoms with Gasteiger partial charge in [-0.25, -0.2) is 4.98 Å². The van der Waals surface area contributed by atoms with Gasteiger partial charge < -0.3 is 10.3 Å². The smallest absolute Gasteiger partial charge is 0.262 e. The second-order valence-corrected chi connectivity index (χ2v) is 7.86. The van der Waals surface area contributed by atoms with E-state index < -0.39 is 0 Å². The minimum Gasteiger partial charge on any atom is -0.343 e. The number of hydrogen-bond donors (Lipinski definition) is 2. The molecule has 0 spiro atoms. The van der Waals surface area contributed by atoms with E-state index in [4.69, 9.17) is 0 Å². The van der Waals surface area contributed by atoms with Crippen molar-refractivity contribution in [2.24, 2.45) is 0 Å². The number of benzene rings is 1. The Labute approximate surface area is 171 Å². The standard InChI is InChI=1S/C22H20N4O2S/c1-13-18-20(27)25-17(12-15-8-4-3-5-9-15)26-22(18)29-19(13)21(28)24-14(2)16-10-6-7-11-23-16/h3-11,14H,12H2,1-2H3,(H,24,28)(H,25,26,27). The van der Waals surface area contributed by atoms with Crippen molar-refractivity contribution < 1.29 is 4.79 Å². The van der Waals surface area contributed by atoms with Crippen LogP contribution in [0.3, 0.4) is 0 Å². The van der Waals surface area contributed by atoms with Crippen molar-refractivity contribution in [1.29, 1.82) is 0 Å². The van der Waals surface area contributed by atoms with Gasteiger partial charge in [-0.15, -0.1) is 11.3 Å². The zero-order valence-corrected chi connectivity index (χ0v) is 16.9. The number of fused-ring (bicyclic) bond motifs is 1. The predicted octanol–water partition coefficient (Wildman–Crippen LogP) is 3.77. The molecule has 0 radical (unpaired) electrons. The van der Waals surface area contributed by atoms with Gasteiger partial charge in [0.15, 0.2) is 0 Å². The number of thiophene rings is 1. The number of nitrogens with zero attached hydrogens (tertiary/aromatic N) is 2. The highest BCUT2D eigenvalue weighted by Gasteiger charge is 2.21. The number of nitrogens with one attached hydrogen (secondary N) is 2. The van der Waals surface area contributed by atoms with Gasteiger partial charge in [0.1, 0.15) is 10.7 Å². The lowest BCUT2D eigenvalue weighted by Crippen LogP contribution is -2.27. The number of carbonyl (C=O) groups is 1. The molecule has 3 heterocycles. The number of pyridine rings is 1. The van der Waals surface area contributed by atoms with Gasteiger partial charge in [0.05, 0.1) is 22.0 Å². The van der Waals surface area contributed by atoms with Crippen LogP contribution < -0.4 is 10.9 Å². The lowest BCUT2D eigenvalue weighted by atomic mass is 10.1. The molecule has 4 aromatic rings. The van der Waals surface area contributed by atoms with E-state index >= 15 is 0 Å². The number of carbonyl (C=O) groups excluding carboxylic acids is 1. The van der Waals surface area contributed by atoms with E-state index in [-0.39, 0.29) is 17.5 Å². The molecule has 0 aliphatic heterocycles. The molecule has 29 heavy (non-hydrogen) atoms. The second-order valence-electron chi connectivity index (χ2n) is 6.86. The molecule has 0 saturated heterocycles. The quantitative estimate of drug-likeness (QED) is 0.530. The lowest BCUT2D eigenvalue weighted by Gasteiger charge is -2.12. The third-order valence-corrected chi connectivity index (χ3v) is 5.93. The lowest BCUT2D eigenvalue weighted by molar-refractivity contribution is 0.0943. The molecule has 3 aromatic heterocycles. The number of rotatable bonds is 5. The summed E-state index contributed by atoms with van der Waals surface area (Å²) in [5, 5.41) is 3.43. The Bertz CT molecular complexity index is 1220. The highest BCUT2D eigenvalue weighted by Crippen LogP contribution is 2.27. The number of aromatic amines is 1. The Morgan fingerprint density at radius 2 is 1.93 bits per heavy atom. The van der Waals surface area contributed by atoms with Crippen LogP contribution in [0, 0.1) is 6.92 Å². The molecule has 1 atom stereocenters. The number of amides is 1. The Morgan fingerprint density at radius 1 is 1.17 bits per heavy atom. The maximum absolute atomic E-state index is 12.8. The van der Waals surface area contributed by atoms with E-state index in [0.29, 0.717) is 32.9 Å². The van der Waals surface area contributed by atoms with Crippen molar-refractivity contribution in [2.45, 2.75) is 26.3 Å². The molecule has 146 valence electrons. The fourth-order valence-electron chi connectivity index (χ4n) is 3.25. The van der Waals surface area contributed by atoms with Gasteiger partial charge in [0.25, 0.3) is 11.5 Å². The minimum absolute atomic E-state index is 0.216. The summed E-state index contributed by atoms with van der Waals surface area (Å²) >= 11 is 1.24. The summed E-state index contributed by atoms with van der Waals surface area (Å²) in [7, 11) is 0. The number of H-pyrrole nitrogens is 1. The van der Waals surface area contributed by atoms with Crippen molar-refractivity contribution in [3.63, 3.8) is 0 Å².